The summed E-state index contributed by atoms with van der Waals surface area (Å²) < 4.78 is 0. The zero-order valence-electron chi connectivity index (χ0n) is 25.7. The fraction of sp³-hybridized carbons (Fsp3) is 0.552. The molecule has 0 unspecified atom stereocenters. The Morgan fingerprint density at radius 3 is 2.20 bits per heavy atom. The van der Waals surface area contributed by atoms with Crippen LogP contribution in [0.25, 0.3) is 0 Å². The first kappa shape index (κ1) is 37.4. The number of amides is 6. The number of rotatable bonds is 17. The number of hydrogen-bond acceptors (Lipinski definition) is 10. The number of carboxylic acids is 1. The fourth-order valence-corrected chi connectivity index (χ4v) is 4.78. The summed E-state index contributed by atoms with van der Waals surface area (Å²) in [5.41, 5.74) is 11.6. The number of primary amides is 1. The van der Waals surface area contributed by atoms with E-state index in [1.165, 1.54) is 17.0 Å². The summed E-state index contributed by atoms with van der Waals surface area (Å²) in [6.07, 6.45) is 0.653. The van der Waals surface area contributed by atoms with Crippen LogP contribution in [0.5, 0.6) is 5.75 Å². The molecule has 1 saturated heterocycles. The molecule has 2 rings (SSSR count). The summed E-state index contributed by atoms with van der Waals surface area (Å²) >= 11 is 0. The number of nitrogens with zero attached hydrogens (tertiary/aromatic N) is 1. The van der Waals surface area contributed by atoms with Gasteiger partial charge in [-0.2, -0.15) is 0 Å². The van der Waals surface area contributed by atoms with Crippen LogP contribution in [0.3, 0.4) is 0 Å². The molecule has 0 aliphatic carbocycles. The van der Waals surface area contributed by atoms with Gasteiger partial charge in [0.25, 0.3) is 0 Å². The van der Waals surface area contributed by atoms with Crippen molar-refractivity contribution in [1.29, 1.82) is 0 Å². The van der Waals surface area contributed by atoms with Crippen LogP contribution in [-0.2, 0) is 40.0 Å². The van der Waals surface area contributed by atoms with E-state index in [1.807, 2.05) is 0 Å². The summed E-state index contributed by atoms with van der Waals surface area (Å²) in [5, 5.41) is 37.5. The van der Waals surface area contributed by atoms with Gasteiger partial charge in [-0.05, 0) is 42.9 Å². The third-order valence-corrected chi connectivity index (χ3v) is 7.35. The Hall–Kier alpha value is -4.77. The van der Waals surface area contributed by atoms with Crippen LogP contribution in [0.1, 0.15) is 45.1 Å². The number of benzene rings is 1. The number of likely N-dealkylation sites (tertiary alicyclic amines) is 1. The Bertz CT molecular complexity index is 1270. The molecule has 0 bridgehead atoms. The van der Waals surface area contributed by atoms with Gasteiger partial charge < -0.3 is 53.0 Å². The van der Waals surface area contributed by atoms with Crippen molar-refractivity contribution in [2.75, 3.05) is 19.7 Å². The molecule has 17 heteroatoms. The second kappa shape index (κ2) is 17.6. The topological polar surface area (TPSA) is 284 Å². The summed E-state index contributed by atoms with van der Waals surface area (Å²) in [5.74, 6) is -6.16. The van der Waals surface area contributed by atoms with E-state index in [4.69, 9.17) is 16.6 Å². The number of aromatic hydroxyl groups is 1. The molecule has 0 saturated carbocycles. The lowest BCUT2D eigenvalue weighted by molar-refractivity contribution is -0.143. The normalized spacial score (nSPS) is 16.9. The quantitative estimate of drug-likeness (QED) is 0.0811. The molecule has 0 spiro atoms. The van der Waals surface area contributed by atoms with Gasteiger partial charge in [-0.15, -0.1) is 0 Å². The van der Waals surface area contributed by atoms with Gasteiger partial charge >= 0.3 is 5.97 Å². The third kappa shape index (κ3) is 11.3. The molecule has 0 radical (unpaired) electrons. The Balaban J connectivity index is 2.13. The molecule has 0 aromatic heterocycles. The molecular weight excluding hydrogens is 606 g/mol. The van der Waals surface area contributed by atoms with Crippen LogP contribution in [0, 0.1) is 5.92 Å². The van der Waals surface area contributed by atoms with Crippen molar-refractivity contribution in [1.82, 2.24) is 26.2 Å². The highest BCUT2D eigenvalue weighted by Gasteiger charge is 2.38. The van der Waals surface area contributed by atoms with Crippen LogP contribution in [0.4, 0.5) is 0 Å². The number of carbonyl (C=O) groups excluding carboxylic acids is 6. The molecular formula is C29H43N7O10. The van der Waals surface area contributed by atoms with E-state index < -0.39 is 90.7 Å². The highest BCUT2D eigenvalue weighted by Crippen LogP contribution is 2.20. The number of aliphatic hydroxyl groups excluding tert-OH is 1. The lowest BCUT2D eigenvalue weighted by atomic mass is 10.0. The molecule has 6 amide bonds. The Labute approximate surface area is 265 Å². The molecule has 11 N–H and O–H groups in total. The van der Waals surface area contributed by atoms with Gasteiger partial charge in [-0.25, -0.2) is 4.79 Å². The molecule has 1 heterocycles. The van der Waals surface area contributed by atoms with Crippen molar-refractivity contribution in [2.24, 2.45) is 17.4 Å². The second-order valence-electron chi connectivity index (χ2n) is 11.3. The van der Waals surface area contributed by atoms with Gasteiger partial charge in [0.15, 0.2) is 0 Å². The van der Waals surface area contributed by atoms with E-state index in [-0.39, 0.29) is 31.6 Å². The fourth-order valence-electron chi connectivity index (χ4n) is 4.78. The molecule has 1 aliphatic rings. The van der Waals surface area contributed by atoms with Crippen molar-refractivity contribution in [3.63, 3.8) is 0 Å². The molecule has 254 valence electrons. The van der Waals surface area contributed by atoms with Crippen molar-refractivity contribution >= 4 is 41.4 Å². The van der Waals surface area contributed by atoms with Crippen molar-refractivity contribution in [3.05, 3.63) is 29.8 Å². The average Bonchev–Trinajstić information content (AvgIpc) is 3.50. The van der Waals surface area contributed by atoms with Crippen LogP contribution in [-0.4, -0.2) is 112 Å². The number of phenolic OH excluding ortho intramolecular Hbond substituents is 1. The number of nitrogens with one attached hydrogen (secondary N) is 4. The average molecular weight is 650 g/mol. The van der Waals surface area contributed by atoms with E-state index in [0.717, 1.165) is 0 Å². The number of carbonyl (C=O) groups is 7. The minimum Gasteiger partial charge on any atom is -0.508 e. The number of aliphatic carboxylic acids is 1. The number of nitrogens with two attached hydrogens (primary N) is 2. The smallest absolute Gasteiger partial charge is 0.328 e. The number of aliphatic hydroxyl groups is 1. The van der Waals surface area contributed by atoms with Gasteiger partial charge in [0.05, 0.1) is 19.2 Å². The Morgan fingerprint density at radius 1 is 0.978 bits per heavy atom. The predicted octanol–water partition coefficient (Wildman–Crippen LogP) is -3.18. The van der Waals surface area contributed by atoms with E-state index >= 15 is 0 Å². The first-order valence-corrected chi connectivity index (χ1v) is 14.8. The first-order valence-electron chi connectivity index (χ1n) is 14.8. The van der Waals surface area contributed by atoms with Gasteiger partial charge in [-0.1, -0.05) is 26.0 Å². The molecule has 17 nitrogen and oxygen atoms in total. The summed E-state index contributed by atoms with van der Waals surface area (Å²) in [4.78, 5) is 88.5. The van der Waals surface area contributed by atoms with E-state index in [1.54, 1.807) is 26.0 Å². The van der Waals surface area contributed by atoms with Crippen molar-refractivity contribution in [3.8, 4) is 5.75 Å². The van der Waals surface area contributed by atoms with Crippen LogP contribution < -0.4 is 32.7 Å². The van der Waals surface area contributed by atoms with Crippen molar-refractivity contribution in [2.45, 2.75) is 76.2 Å². The van der Waals surface area contributed by atoms with Crippen molar-refractivity contribution < 1.29 is 48.9 Å². The molecule has 5 atom stereocenters. The maximum atomic E-state index is 13.4. The molecule has 1 aliphatic heterocycles. The molecule has 1 aromatic carbocycles. The van der Waals surface area contributed by atoms with Gasteiger partial charge in [0, 0.05) is 19.4 Å². The SMILES string of the molecule is CC(C)[C@H](NC(=O)CNC(=O)[C@H](Cc1ccc(O)cc1)NC(=O)[C@@H]1CCCN1C(=O)[C@@H](N)CCC(N)=O)C(=O)N[C@@H](CO)C(=O)O. The summed E-state index contributed by atoms with van der Waals surface area (Å²) in [6.45, 7) is 1.97. The zero-order chi connectivity index (χ0) is 34.6. The van der Waals surface area contributed by atoms with Gasteiger partial charge in [-0.3, -0.25) is 28.8 Å². The lowest BCUT2D eigenvalue weighted by Crippen LogP contribution is -2.57. The summed E-state index contributed by atoms with van der Waals surface area (Å²) in [6, 6.07) is -0.107. The standard InChI is InChI=1S/C29H43N7O10/c1-15(2)24(27(43)34-20(14-37)29(45)46)35-23(40)13-32-25(41)19(12-16-5-7-17(38)8-6-16)33-26(42)21-4-3-11-36(21)28(44)18(30)9-10-22(31)39/h5-8,15,18-21,24,37-38H,3-4,9-14,30H2,1-2H3,(H2,31,39)(H,32,41)(H,33,42)(H,34,43)(H,35,40)(H,45,46)/t18-,19-,20-,21-,24-/m0/s1. The third-order valence-electron chi connectivity index (χ3n) is 7.35. The highest BCUT2D eigenvalue weighted by atomic mass is 16.4. The van der Waals surface area contributed by atoms with Crippen LogP contribution >= 0.6 is 0 Å². The minimum absolute atomic E-state index is 0.00779. The molecule has 1 aromatic rings. The first-order chi connectivity index (χ1) is 21.6. The van der Waals surface area contributed by atoms with E-state index in [0.29, 0.717) is 18.4 Å². The van der Waals surface area contributed by atoms with Crippen LogP contribution in [0.2, 0.25) is 0 Å². The predicted molar refractivity (Wildman–Crippen MR) is 161 cm³/mol. The number of carboxylic acid groups (broad SMARTS) is 1. The maximum absolute atomic E-state index is 13.4. The maximum Gasteiger partial charge on any atom is 0.328 e. The summed E-state index contributed by atoms with van der Waals surface area (Å²) in [7, 11) is 0. The van der Waals surface area contributed by atoms with Gasteiger partial charge in [0.2, 0.25) is 35.4 Å². The Morgan fingerprint density at radius 2 is 1.63 bits per heavy atom. The molecule has 46 heavy (non-hydrogen) atoms. The van der Waals surface area contributed by atoms with Crippen LogP contribution in [0.15, 0.2) is 24.3 Å². The minimum atomic E-state index is -1.58. The monoisotopic (exact) mass is 649 g/mol. The zero-order valence-corrected chi connectivity index (χ0v) is 25.7. The Kier molecular flexibility index (Phi) is 14.4. The van der Waals surface area contributed by atoms with E-state index in [9.17, 15) is 43.8 Å². The molecule has 1 fully saturated rings. The van der Waals surface area contributed by atoms with E-state index in [2.05, 4.69) is 21.3 Å². The van der Waals surface area contributed by atoms with Gasteiger partial charge in [0.1, 0.15) is 29.9 Å². The highest BCUT2D eigenvalue weighted by molar-refractivity contribution is 5.95. The number of phenols is 1. The second-order valence-corrected chi connectivity index (χ2v) is 11.3. The number of hydrogen-bond donors (Lipinski definition) is 9. The lowest BCUT2D eigenvalue weighted by Gasteiger charge is -2.28. The largest absolute Gasteiger partial charge is 0.508 e.